The van der Waals surface area contributed by atoms with E-state index in [0.717, 1.165) is 4.47 Å². The van der Waals surface area contributed by atoms with Crippen molar-refractivity contribution in [3.05, 3.63) is 95.0 Å². The van der Waals surface area contributed by atoms with Gasteiger partial charge in [-0.25, -0.2) is 5.43 Å². The van der Waals surface area contributed by atoms with Crippen LogP contribution in [0.5, 0.6) is 17.2 Å². The highest BCUT2D eigenvalue weighted by atomic mass is 79.9. The van der Waals surface area contributed by atoms with Crippen LogP contribution in [0.1, 0.15) is 22.8 Å². The van der Waals surface area contributed by atoms with Crippen LogP contribution in [-0.4, -0.2) is 37.8 Å². The first-order chi connectivity index (χ1) is 17.5. The summed E-state index contributed by atoms with van der Waals surface area (Å²) in [6.45, 7) is 6.02. The van der Waals surface area contributed by atoms with Crippen molar-refractivity contribution in [3.63, 3.8) is 0 Å². The maximum atomic E-state index is 12.6. The van der Waals surface area contributed by atoms with Crippen LogP contribution in [0, 0.1) is 0 Å². The Morgan fingerprint density at radius 3 is 2.50 bits per heavy atom. The molecule has 0 saturated heterocycles. The molecule has 8 nitrogen and oxygen atoms in total. The predicted molar refractivity (Wildman–Crippen MR) is 143 cm³/mol. The van der Waals surface area contributed by atoms with E-state index in [4.69, 9.17) is 14.2 Å². The van der Waals surface area contributed by atoms with Gasteiger partial charge in [0.2, 0.25) is 0 Å². The van der Waals surface area contributed by atoms with Gasteiger partial charge < -0.3 is 19.5 Å². The first kappa shape index (κ1) is 26.5. The average Bonchev–Trinajstić information content (AvgIpc) is 2.88. The van der Waals surface area contributed by atoms with Crippen LogP contribution in [-0.2, 0) is 4.79 Å². The molecule has 0 aliphatic rings. The van der Waals surface area contributed by atoms with Gasteiger partial charge in [-0.2, -0.15) is 5.10 Å². The van der Waals surface area contributed by atoms with E-state index in [0.29, 0.717) is 47.3 Å². The zero-order valence-electron chi connectivity index (χ0n) is 19.7. The van der Waals surface area contributed by atoms with E-state index in [-0.39, 0.29) is 12.5 Å². The number of carbonyl (C=O) groups excluding carboxylic acids is 2. The summed E-state index contributed by atoms with van der Waals surface area (Å²) in [6, 6.07) is 19.2. The van der Waals surface area contributed by atoms with Crippen molar-refractivity contribution in [3.8, 4) is 17.2 Å². The second-order valence-corrected chi connectivity index (χ2v) is 8.19. The smallest absolute Gasteiger partial charge is 0.271 e. The van der Waals surface area contributed by atoms with Gasteiger partial charge in [0.1, 0.15) is 12.4 Å². The van der Waals surface area contributed by atoms with Crippen molar-refractivity contribution < 1.29 is 23.8 Å². The monoisotopic (exact) mass is 551 g/mol. The van der Waals surface area contributed by atoms with Gasteiger partial charge in [-0.15, -0.1) is 0 Å². The minimum absolute atomic E-state index is 0.190. The molecular weight excluding hydrogens is 526 g/mol. The highest BCUT2D eigenvalue weighted by Crippen LogP contribution is 2.28. The largest absolute Gasteiger partial charge is 0.490 e. The zero-order valence-corrected chi connectivity index (χ0v) is 21.3. The number of carbonyl (C=O) groups is 2. The molecule has 3 aromatic carbocycles. The third kappa shape index (κ3) is 7.99. The summed E-state index contributed by atoms with van der Waals surface area (Å²) >= 11 is 3.41. The molecule has 2 amide bonds. The van der Waals surface area contributed by atoms with Gasteiger partial charge in [0, 0.05) is 21.3 Å². The standard InChI is InChI=1S/C27H26BrN3O5/c1-3-14-35-24-12-10-19(16-25(24)34-4-2)27(33)31-29-17-20-15-21(28)11-13-23(20)36-18-26(32)30-22-8-6-5-7-9-22/h3,5-13,15-17H,1,4,14,18H2,2H3,(H,30,32)(H,31,33)/b29-17+. The number of rotatable bonds is 12. The number of benzene rings is 3. The van der Waals surface area contributed by atoms with Crippen molar-refractivity contribution in [2.45, 2.75) is 6.92 Å². The number of hydrazone groups is 1. The van der Waals surface area contributed by atoms with E-state index in [9.17, 15) is 9.59 Å². The van der Waals surface area contributed by atoms with E-state index < -0.39 is 5.91 Å². The van der Waals surface area contributed by atoms with Gasteiger partial charge in [0.25, 0.3) is 11.8 Å². The number of nitrogens with zero attached hydrogens (tertiary/aromatic N) is 1. The minimum atomic E-state index is -0.429. The van der Waals surface area contributed by atoms with Crippen LogP contribution < -0.4 is 25.0 Å². The van der Waals surface area contributed by atoms with E-state index in [1.165, 1.54) is 6.21 Å². The third-order valence-corrected chi connectivity index (χ3v) is 5.11. The molecule has 0 spiro atoms. The maximum Gasteiger partial charge on any atom is 0.271 e. The molecule has 9 heteroatoms. The number of anilines is 1. The lowest BCUT2D eigenvalue weighted by Crippen LogP contribution is -2.20. The number of hydrogen-bond acceptors (Lipinski definition) is 6. The van der Waals surface area contributed by atoms with Crippen molar-refractivity contribution in [1.29, 1.82) is 0 Å². The molecule has 0 fully saturated rings. The Morgan fingerprint density at radius 1 is 0.972 bits per heavy atom. The molecule has 36 heavy (non-hydrogen) atoms. The molecule has 0 aliphatic heterocycles. The molecule has 0 heterocycles. The lowest BCUT2D eigenvalue weighted by Gasteiger charge is -2.12. The van der Waals surface area contributed by atoms with E-state index in [1.54, 1.807) is 54.6 Å². The first-order valence-corrected chi connectivity index (χ1v) is 11.9. The quantitative estimate of drug-likeness (QED) is 0.183. The van der Waals surface area contributed by atoms with Gasteiger partial charge in [-0.05, 0) is 55.5 Å². The van der Waals surface area contributed by atoms with Gasteiger partial charge in [0.15, 0.2) is 18.1 Å². The third-order valence-electron chi connectivity index (χ3n) is 4.62. The van der Waals surface area contributed by atoms with Crippen molar-refractivity contribution >= 4 is 39.6 Å². The van der Waals surface area contributed by atoms with E-state index in [2.05, 4.69) is 38.4 Å². The summed E-state index contributed by atoms with van der Waals surface area (Å²) in [4.78, 5) is 24.8. The second kappa shape index (κ2) is 13.7. The van der Waals surface area contributed by atoms with Crippen molar-refractivity contribution in [2.75, 3.05) is 25.1 Å². The van der Waals surface area contributed by atoms with Crippen LogP contribution in [0.25, 0.3) is 0 Å². The number of para-hydroxylation sites is 1. The molecule has 0 unspecified atom stereocenters. The molecule has 3 rings (SSSR count). The van der Waals surface area contributed by atoms with Crippen LogP contribution in [0.4, 0.5) is 5.69 Å². The fraction of sp³-hybridized carbons (Fsp3) is 0.148. The molecule has 2 N–H and O–H groups in total. The Morgan fingerprint density at radius 2 is 1.75 bits per heavy atom. The summed E-state index contributed by atoms with van der Waals surface area (Å²) < 4.78 is 17.6. The molecule has 3 aromatic rings. The average molecular weight is 552 g/mol. The Bertz CT molecular complexity index is 1230. The molecule has 0 aliphatic carbocycles. The summed E-state index contributed by atoms with van der Waals surface area (Å²) in [5, 5.41) is 6.81. The molecule has 0 radical (unpaired) electrons. The molecule has 0 bridgehead atoms. The zero-order chi connectivity index (χ0) is 25.8. The highest BCUT2D eigenvalue weighted by molar-refractivity contribution is 9.10. The number of amides is 2. The SMILES string of the molecule is C=CCOc1ccc(C(=O)N/N=C/c2cc(Br)ccc2OCC(=O)Nc2ccccc2)cc1OCC. The van der Waals surface area contributed by atoms with Crippen LogP contribution in [0.15, 0.2) is 89.0 Å². The van der Waals surface area contributed by atoms with Crippen LogP contribution >= 0.6 is 15.9 Å². The fourth-order valence-electron chi connectivity index (χ4n) is 3.02. The van der Waals surface area contributed by atoms with Crippen molar-refractivity contribution in [2.24, 2.45) is 5.10 Å². The van der Waals surface area contributed by atoms with Crippen LogP contribution in [0.2, 0.25) is 0 Å². The predicted octanol–water partition coefficient (Wildman–Crippen LogP) is 5.19. The normalized spacial score (nSPS) is 10.5. The van der Waals surface area contributed by atoms with Gasteiger partial charge in [-0.1, -0.05) is 46.8 Å². The van der Waals surface area contributed by atoms with Gasteiger partial charge in [-0.3, -0.25) is 9.59 Å². The Kier molecular flexibility index (Phi) is 10.1. The lowest BCUT2D eigenvalue weighted by atomic mass is 10.2. The molecule has 186 valence electrons. The van der Waals surface area contributed by atoms with E-state index in [1.807, 2.05) is 25.1 Å². The summed E-state index contributed by atoms with van der Waals surface area (Å²) in [6.07, 6.45) is 3.07. The first-order valence-electron chi connectivity index (χ1n) is 11.1. The lowest BCUT2D eigenvalue weighted by molar-refractivity contribution is -0.118. The second-order valence-electron chi connectivity index (χ2n) is 7.28. The Balaban J connectivity index is 1.64. The Labute approximate surface area is 218 Å². The van der Waals surface area contributed by atoms with Crippen molar-refractivity contribution in [1.82, 2.24) is 5.43 Å². The topological polar surface area (TPSA) is 98.3 Å². The fourth-order valence-corrected chi connectivity index (χ4v) is 3.40. The molecule has 0 saturated carbocycles. The molecule has 0 atom stereocenters. The van der Waals surface area contributed by atoms with Crippen LogP contribution in [0.3, 0.4) is 0 Å². The number of ether oxygens (including phenoxy) is 3. The Hall–Kier alpha value is -4.11. The molecular formula is C27H26BrN3O5. The highest BCUT2D eigenvalue weighted by Gasteiger charge is 2.12. The summed E-state index contributed by atoms with van der Waals surface area (Å²) in [5.74, 6) is 0.673. The maximum absolute atomic E-state index is 12.6. The number of halogens is 1. The number of hydrogen-bond donors (Lipinski definition) is 2. The van der Waals surface area contributed by atoms with Gasteiger partial charge in [0.05, 0.1) is 12.8 Å². The number of nitrogens with one attached hydrogen (secondary N) is 2. The minimum Gasteiger partial charge on any atom is -0.490 e. The van der Waals surface area contributed by atoms with Gasteiger partial charge >= 0.3 is 0 Å². The van der Waals surface area contributed by atoms with E-state index >= 15 is 0 Å². The summed E-state index contributed by atoms with van der Waals surface area (Å²) in [7, 11) is 0. The molecule has 0 aromatic heterocycles. The summed E-state index contributed by atoms with van der Waals surface area (Å²) in [5.41, 5.74) is 4.09.